The zero-order valence-electron chi connectivity index (χ0n) is 11.3. The van der Waals surface area contributed by atoms with Gasteiger partial charge in [-0.25, -0.2) is 4.79 Å². The highest BCUT2D eigenvalue weighted by Crippen LogP contribution is 2.42. The largest absolute Gasteiger partial charge is 0.480 e. The summed E-state index contributed by atoms with van der Waals surface area (Å²) in [6.07, 6.45) is 1.57. The van der Waals surface area contributed by atoms with Crippen molar-refractivity contribution in [1.29, 1.82) is 0 Å². The summed E-state index contributed by atoms with van der Waals surface area (Å²) >= 11 is 0. The number of piperazine rings is 1. The molecule has 3 rings (SSSR count). The molecule has 4 heteroatoms. The first kappa shape index (κ1) is 12.6. The van der Waals surface area contributed by atoms with Crippen molar-refractivity contribution in [1.82, 2.24) is 9.80 Å². The molecule has 0 bridgehead atoms. The Morgan fingerprint density at radius 1 is 1.21 bits per heavy atom. The Hall–Kier alpha value is -1.39. The molecule has 102 valence electrons. The number of fused-ring (bicyclic) bond motifs is 1. The van der Waals surface area contributed by atoms with Gasteiger partial charge in [0.25, 0.3) is 0 Å². The summed E-state index contributed by atoms with van der Waals surface area (Å²) in [6, 6.07) is 8.02. The molecule has 1 unspecified atom stereocenters. The summed E-state index contributed by atoms with van der Waals surface area (Å²) in [7, 11) is 2.09. The van der Waals surface area contributed by atoms with Crippen molar-refractivity contribution < 1.29 is 9.90 Å². The highest BCUT2D eigenvalue weighted by molar-refractivity contribution is 5.82. The van der Waals surface area contributed by atoms with Crippen LogP contribution in [0.3, 0.4) is 0 Å². The van der Waals surface area contributed by atoms with Crippen molar-refractivity contribution in [2.45, 2.75) is 18.4 Å². The smallest absolute Gasteiger partial charge is 0.328 e. The molecule has 2 aliphatic rings. The van der Waals surface area contributed by atoms with Crippen LogP contribution in [0.1, 0.15) is 17.5 Å². The van der Waals surface area contributed by atoms with E-state index in [2.05, 4.69) is 22.9 Å². The van der Waals surface area contributed by atoms with Crippen LogP contribution in [0.25, 0.3) is 0 Å². The van der Waals surface area contributed by atoms with Gasteiger partial charge in [0.05, 0.1) is 0 Å². The van der Waals surface area contributed by atoms with Gasteiger partial charge >= 0.3 is 5.97 Å². The number of benzene rings is 1. The number of aliphatic carboxylic acids is 1. The molecular weight excluding hydrogens is 240 g/mol. The third kappa shape index (κ3) is 1.86. The van der Waals surface area contributed by atoms with Gasteiger partial charge < -0.3 is 10.0 Å². The molecule has 0 amide bonds. The fourth-order valence-electron chi connectivity index (χ4n) is 3.47. The molecule has 1 atom stereocenters. The molecule has 0 spiro atoms. The quantitative estimate of drug-likeness (QED) is 0.866. The number of rotatable bonds is 2. The van der Waals surface area contributed by atoms with Gasteiger partial charge in [0.15, 0.2) is 0 Å². The number of likely N-dealkylation sites (N-methyl/N-ethyl adjacent to an activating group) is 1. The Kier molecular flexibility index (Phi) is 3.07. The molecule has 1 aliphatic carbocycles. The highest BCUT2D eigenvalue weighted by Gasteiger charge is 2.50. The first-order valence-corrected chi connectivity index (χ1v) is 6.90. The normalized spacial score (nSPS) is 28.3. The van der Waals surface area contributed by atoms with Crippen LogP contribution in [0.15, 0.2) is 24.3 Å². The molecular formula is C15H20N2O2. The molecule has 4 nitrogen and oxygen atoms in total. The summed E-state index contributed by atoms with van der Waals surface area (Å²) in [5, 5.41) is 9.87. The van der Waals surface area contributed by atoms with E-state index in [1.807, 2.05) is 18.2 Å². The Labute approximate surface area is 113 Å². The average Bonchev–Trinajstić information content (AvgIpc) is 2.80. The van der Waals surface area contributed by atoms with Crippen molar-refractivity contribution in [3.63, 3.8) is 0 Å². The van der Waals surface area contributed by atoms with E-state index in [0.29, 0.717) is 6.42 Å². The second-order valence-electron chi connectivity index (χ2n) is 5.61. The maximum atomic E-state index is 12.0. The molecule has 1 fully saturated rings. The first-order valence-electron chi connectivity index (χ1n) is 6.90. The predicted molar refractivity (Wildman–Crippen MR) is 73.1 cm³/mol. The first-order chi connectivity index (χ1) is 9.14. The number of carboxylic acid groups (broad SMARTS) is 1. The Balaban J connectivity index is 2.00. The Morgan fingerprint density at radius 2 is 1.89 bits per heavy atom. The van der Waals surface area contributed by atoms with E-state index in [1.54, 1.807) is 0 Å². The molecule has 1 saturated heterocycles. The number of hydrogen-bond donors (Lipinski definition) is 1. The lowest BCUT2D eigenvalue weighted by atomic mass is 9.89. The summed E-state index contributed by atoms with van der Waals surface area (Å²) < 4.78 is 0. The number of hydrogen-bond acceptors (Lipinski definition) is 3. The van der Waals surface area contributed by atoms with Crippen molar-refractivity contribution >= 4 is 5.97 Å². The maximum Gasteiger partial charge on any atom is 0.328 e. The van der Waals surface area contributed by atoms with Gasteiger partial charge in [-0.15, -0.1) is 0 Å². The van der Waals surface area contributed by atoms with Gasteiger partial charge in [0, 0.05) is 26.2 Å². The zero-order chi connectivity index (χ0) is 13.5. The van der Waals surface area contributed by atoms with E-state index in [9.17, 15) is 9.90 Å². The maximum absolute atomic E-state index is 12.0. The lowest BCUT2D eigenvalue weighted by molar-refractivity contribution is -0.154. The lowest BCUT2D eigenvalue weighted by Crippen LogP contribution is -2.57. The number of carbonyl (C=O) groups is 1. The lowest BCUT2D eigenvalue weighted by Gasteiger charge is -2.43. The topological polar surface area (TPSA) is 43.8 Å². The van der Waals surface area contributed by atoms with E-state index in [-0.39, 0.29) is 0 Å². The fourth-order valence-corrected chi connectivity index (χ4v) is 3.47. The van der Waals surface area contributed by atoms with E-state index in [0.717, 1.165) is 38.2 Å². The second kappa shape index (κ2) is 4.62. The SMILES string of the molecule is CN1CCN(C2(C(=O)O)CCc3ccccc32)CC1. The van der Waals surface area contributed by atoms with Crippen LogP contribution >= 0.6 is 0 Å². The standard InChI is InChI=1S/C15H20N2O2/c1-16-8-10-17(11-9-16)15(14(18)19)7-6-12-4-2-3-5-13(12)15/h2-5H,6-11H2,1H3,(H,18,19). The van der Waals surface area contributed by atoms with Gasteiger partial charge in [-0.05, 0) is 31.0 Å². The number of aryl methyl sites for hydroxylation is 1. The molecule has 0 aromatic heterocycles. The van der Waals surface area contributed by atoms with Crippen molar-refractivity contribution in [3.05, 3.63) is 35.4 Å². The van der Waals surface area contributed by atoms with E-state index < -0.39 is 11.5 Å². The van der Waals surface area contributed by atoms with E-state index in [1.165, 1.54) is 5.56 Å². The van der Waals surface area contributed by atoms with Crippen LogP contribution in [-0.4, -0.2) is 54.1 Å². The predicted octanol–water partition coefficient (Wildman–Crippen LogP) is 1.16. The molecule has 19 heavy (non-hydrogen) atoms. The van der Waals surface area contributed by atoms with Crippen LogP contribution in [0.2, 0.25) is 0 Å². The fraction of sp³-hybridized carbons (Fsp3) is 0.533. The number of nitrogens with zero attached hydrogens (tertiary/aromatic N) is 2. The third-order valence-electron chi connectivity index (χ3n) is 4.62. The zero-order valence-corrected chi connectivity index (χ0v) is 11.3. The minimum atomic E-state index is -0.794. The molecule has 0 saturated carbocycles. The van der Waals surface area contributed by atoms with Gasteiger partial charge in [0.1, 0.15) is 5.54 Å². The van der Waals surface area contributed by atoms with E-state index >= 15 is 0 Å². The minimum Gasteiger partial charge on any atom is -0.480 e. The summed E-state index contributed by atoms with van der Waals surface area (Å²) in [5.41, 5.74) is 1.41. The third-order valence-corrected chi connectivity index (χ3v) is 4.62. The van der Waals surface area contributed by atoms with Gasteiger partial charge in [-0.2, -0.15) is 0 Å². The van der Waals surface area contributed by atoms with Crippen LogP contribution in [-0.2, 0) is 16.8 Å². The van der Waals surface area contributed by atoms with Crippen molar-refractivity contribution in [3.8, 4) is 0 Å². The molecule has 1 aromatic carbocycles. The second-order valence-corrected chi connectivity index (χ2v) is 5.61. The monoisotopic (exact) mass is 260 g/mol. The molecule has 1 heterocycles. The van der Waals surface area contributed by atoms with Crippen molar-refractivity contribution in [2.24, 2.45) is 0 Å². The average molecular weight is 260 g/mol. The minimum absolute atomic E-state index is 0.693. The molecule has 1 aliphatic heterocycles. The van der Waals surface area contributed by atoms with Gasteiger partial charge in [-0.3, -0.25) is 4.90 Å². The molecule has 1 N–H and O–H groups in total. The summed E-state index contributed by atoms with van der Waals surface area (Å²) in [6.45, 7) is 3.54. The Bertz CT molecular complexity index is 495. The van der Waals surface area contributed by atoms with Crippen molar-refractivity contribution in [2.75, 3.05) is 33.2 Å². The Morgan fingerprint density at radius 3 is 2.58 bits per heavy atom. The van der Waals surface area contributed by atoms with E-state index in [4.69, 9.17) is 0 Å². The van der Waals surface area contributed by atoms with Gasteiger partial charge in [-0.1, -0.05) is 24.3 Å². The van der Waals surface area contributed by atoms with Crippen LogP contribution in [0.4, 0.5) is 0 Å². The highest BCUT2D eigenvalue weighted by atomic mass is 16.4. The summed E-state index contributed by atoms with van der Waals surface area (Å²) in [4.78, 5) is 16.4. The van der Waals surface area contributed by atoms with Crippen LogP contribution in [0.5, 0.6) is 0 Å². The molecule has 0 radical (unpaired) electrons. The number of carboxylic acids is 1. The van der Waals surface area contributed by atoms with Crippen LogP contribution in [0, 0.1) is 0 Å². The van der Waals surface area contributed by atoms with Gasteiger partial charge in [0.2, 0.25) is 0 Å². The van der Waals surface area contributed by atoms with Crippen LogP contribution < -0.4 is 0 Å². The summed E-state index contributed by atoms with van der Waals surface area (Å²) in [5.74, 6) is -0.693. The molecule has 1 aromatic rings.